The molecule has 1 N–H and O–H groups in total. The van der Waals surface area contributed by atoms with E-state index in [2.05, 4.69) is 0 Å². The predicted octanol–water partition coefficient (Wildman–Crippen LogP) is 3.65. The average Bonchev–Trinajstić information content (AvgIpc) is 3.03. The van der Waals surface area contributed by atoms with Crippen molar-refractivity contribution in [1.29, 1.82) is 0 Å². The molecule has 1 fully saturated rings. The molecule has 2 aromatic rings. The first-order chi connectivity index (χ1) is 9.58. The molecular formula is C16H18O4. The lowest BCUT2D eigenvalue weighted by Crippen LogP contribution is -2.32. The number of hydrogen-bond acceptors (Lipinski definition) is 3. The largest absolute Gasteiger partial charge is 0.493 e. The van der Waals surface area contributed by atoms with Crippen molar-refractivity contribution in [3.05, 3.63) is 29.5 Å². The van der Waals surface area contributed by atoms with Crippen molar-refractivity contribution in [2.45, 2.75) is 38.0 Å². The van der Waals surface area contributed by atoms with Gasteiger partial charge >= 0.3 is 5.97 Å². The molecule has 1 aromatic heterocycles. The molecule has 106 valence electrons. The minimum absolute atomic E-state index is 0.648. The topological polar surface area (TPSA) is 59.7 Å². The lowest BCUT2D eigenvalue weighted by atomic mass is 9.77. The summed E-state index contributed by atoms with van der Waals surface area (Å²) in [6.07, 6.45) is 3.29. The van der Waals surface area contributed by atoms with Gasteiger partial charge in [-0.15, -0.1) is 0 Å². The molecule has 0 saturated heterocycles. The Labute approximate surface area is 117 Å². The summed E-state index contributed by atoms with van der Waals surface area (Å²) in [6, 6.07) is 5.61. The maximum atomic E-state index is 11.9. The minimum Gasteiger partial charge on any atom is -0.493 e. The Morgan fingerprint density at radius 3 is 2.65 bits per heavy atom. The Morgan fingerprint density at radius 1 is 1.35 bits per heavy atom. The molecule has 1 aromatic carbocycles. The summed E-state index contributed by atoms with van der Waals surface area (Å²) in [6.45, 7) is 1.87. The minimum atomic E-state index is -0.777. The zero-order valence-electron chi connectivity index (χ0n) is 11.7. The van der Waals surface area contributed by atoms with Gasteiger partial charge in [-0.3, -0.25) is 4.79 Å². The molecule has 0 spiro atoms. The molecule has 20 heavy (non-hydrogen) atoms. The van der Waals surface area contributed by atoms with Crippen LogP contribution in [0.15, 0.2) is 22.6 Å². The van der Waals surface area contributed by atoms with Gasteiger partial charge in [-0.25, -0.2) is 0 Å². The fraction of sp³-hybridized carbons (Fsp3) is 0.438. The average molecular weight is 274 g/mol. The number of ether oxygens (including phenoxy) is 1. The van der Waals surface area contributed by atoms with Crippen molar-refractivity contribution in [2.75, 3.05) is 7.11 Å². The van der Waals surface area contributed by atoms with Crippen LogP contribution < -0.4 is 4.74 Å². The molecule has 1 aliphatic carbocycles. The van der Waals surface area contributed by atoms with E-state index in [-0.39, 0.29) is 0 Å². The number of carboxylic acid groups (broad SMARTS) is 1. The smallest absolute Gasteiger partial charge is 0.314 e. The molecule has 1 heterocycles. The molecular weight excluding hydrogens is 256 g/mol. The molecule has 1 saturated carbocycles. The zero-order valence-corrected chi connectivity index (χ0v) is 11.7. The third-order valence-corrected chi connectivity index (χ3v) is 4.37. The van der Waals surface area contributed by atoms with Crippen molar-refractivity contribution in [2.24, 2.45) is 0 Å². The van der Waals surface area contributed by atoms with Gasteiger partial charge in [0.15, 0.2) is 11.3 Å². The number of furan rings is 1. The summed E-state index contributed by atoms with van der Waals surface area (Å²) >= 11 is 0. The van der Waals surface area contributed by atoms with E-state index >= 15 is 0 Å². The fourth-order valence-electron chi connectivity index (χ4n) is 3.38. The standard InChI is InChI=1S/C16H18O4/c1-10-9-11-12(5-6-13(19-2)14(11)20-10)16(15(17)18)7-3-4-8-16/h5-6,9H,3-4,7-8H2,1-2H3,(H,17,18). The van der Waals surface area contributed by atoms with Gasteiger partial charge in [-0.1, -0.05) is 18.9 Å². The van der Waals surface area contributed by atoms with Crippen LogP contribution in [0, 0.1) is 6.92 Å². The van der Waals surface area contributed by atoms with Crippen LogP contribution in [-0.2, 0) is 10.2 Å². The van der Waals surface area contributed by atoms with Gasteiger partial charge in [0, 0.05) is 5.39 Å². The van der Waals surface area contributed by atoms with Crippen LogP contribution in [0.1, 0.15) is 37.0 Å². The van der Waals surface area contributed by atoms with E-state index in [4.69, 9.17) is 9.15 Å². The highest BCUT2D eigenvalue weighted by atomic mass is 16.5. The van der Waals surface area contributed by atoms with Crippen molar-refractivity contribution in [3.63, 3.8) is 0 Å². The molecule has 0 atom stereocenters. The Kier molecular flexibility index (Phi) is 2.96. The Balaban J connectivity index is 2.28. The highest BCUT2D eigenvalue weighted by Gasteiger charge is 2.44. The van der Waals surface area contributed by atoms with E-state index in [0.29, 0.717) is 24.2 Å². The van der Waals surface area contributed by atoms with Crippen molar-refractivity contribution in [1.82, 2.24) is 0 Å². The quantitative estimate of drug-likeness (QED) is 0.928. The van der Waals surface area contributed by atoms with Gasteiger partial charge in [0.25, 0.3) is 0 Å². The molecule has 1 aliphatic rings. The molecule has 0 unspecified atom stereocenters. The molecule has 4 heteroatoms. The third-order valence-electron chi connectivity index (χ3n) is 4.37. The van der Waals surface area contributed by atoms with Crippen LogP contribution in [0.25, 0.3) is 11.0 Å². The maximum Gasteiger partial charge on any atom is 0.314 e. The number of benzene rings is 1. The van der Waals surface area contributed by atoms with Gasteiger partial charge in [0.05, 0.1) is 12.5 Å². The van der Waals surface area contributed by atoms with E-state index in [1.807, 2.05) is 25.1 Å². The molecule has 0 bridgehead atoms. The number of aliphatic carboxylic acids is 1. The summed E-state index contributed by atoms with van der Waals surface area (Å²) in [5.41, 5.74) is 0.728. The second-order valence-corrected chi connectivity index (χ2v) is 5.51. The number of aryl methyl sites for hydroxylation is 1. The first-order valence-electron chi connectivity index (χ1n) is 6.89. The summed E-state index contributed by atoms with van der Waals surface area (Å²) in [4.78, 5) is 11.9. The van der Waals surface area contributed by atoms with E-state index < -0.39 is 11.4 Å². The molecule has 3 rings (SSSR count). The van der Waals surface area contributed by atoms with Crippen LogP contribution in [0.4, 0.5) is 0 Å². The van der Waals surface area contributed by atoms with Crippen LogP contribution in [0.2, 0.25) is 0 Å². The lowest BCUT2D eigenvalue weighted by molar-refractivity contribution is -0.143. The van der Waals surface area contributed by atoms with E-state index in [1.165, 1.54) is 0 Å². The molecule has 0 radical (unpaired) electrons. The highest BCUT2D eigenvalue weighted by molar-refractivity contribution is 5.94. The normalized spacial score (nSPS) is 17.5. The Morgan fingerprint density at radius 2 is 2.05 bits per heavy atom. The van der Waals surface area contributed by atoms with Crippen molar-refractivity contribution in [3.8, 4) is 5.75 Å². The summed E-state index contributed by atoms with van der Waals surface area (Å²) in [5.74, 6) is 0.681. The maximum absolute atomic E-state index is 11.9. The van der Waals surface area contributed by atoms with Gasteiger partial charge in [-0.05, 0) is 37.5 Å². The number of fused-ring (bicyclic) bond motifs is 1. The second kappa shape index (κ2) is 4.54. The van der Waals surface area contributed by atoms with Gasteiger partial charge in [0.1, 0.15) is 5.76 Å². The van der Waals surface area contributed by atoms with Crippen LogP contribution in [0.5, 0.6) is 5.75 Å². The first kappa shape index (κ1) is 13.0. The first-order valence-corrected chi connectivity index (χ1v) is 6.89. The van der Waals surface area contributed by atoms with Crippen LogP contribution in [-0.4, -0.2) is 18.2 Å². The van der Waals surface area contributed by atoms with Gasteiger partial charge < -0.3 is 14.3 Å². The summed E-state index contributed by atoms with van der Waals surface area (Å²) in [5, 5.41) is 10.6. The highest BCUT2D eigenvalue weighted by Crippen LogP contribution is 2.46. The fourth-order valence-corrected chi connectivity index (χ4v) is 3.38. The predicted molar refractivity (Wildman–Crippen MR) is 75.3 cm³/mol. The summed E-state index contributed by atoms with van der Waals surface area (Å²) < 4.78 is 11.0. The number of hydrogen-bond donors (Lipinski definition) is 1. The molecule has 0 aliphatic heterocycles. The van der Waals surface area contributed by atoms with E-state index in [1.54, 1.807) is 7.11 Å². The Hall–Kier alpha value is -1.97. The van der Waals surface area contributed by atoms with Crippen molar-refractivity contribution >= 4 is 16.9 Å². The van der Waals surface area contributed by atoms with Gasteiger partial charge in [0.2, 0.25) is 0 Å². The number of rotatable bonds is 3. The monoisotopic (exact) mass is 274 g/mol. The Bertz CT molecular complexity index is 662. The number of methoxy groups -OCH3 is 1. The number of carboxylic acids is 1. The summed E-state index contributed by atoms with van der Waals surface area (Å²) in [7, 11) is 1.59. The van der Waals surface area contributed by atoms with Crippen molar-refractivity contribution < 1.29 is 19.1 Å². The number of carbonyl (C=O) groups is 1. The third kappa shape index (κ3) is 1.71. The molecule has 0 amide bonds. The van der Waals surface area contributed by atoms with E-state index in [9.17, 15) is 9.90 Å². The van der Waals surface area contributed by atoms with Gasteiger partial charge in [-0.2, -0.15) is 0 Å². The zero-order chi connectivity index (χ0) is 14.3. The lowest BCUT2D eigenvalue weighted by Gasteiger charge is -2.25. The van der Waals surface area contributed by atoms with E-state index in [0.717, 1.165) is 29.6 Å². The van der Waals surface area contributed by atoms with Crippen LogP contribution >= 0.6 is 0 Å². The SMILES string of the molecule is COc1ccc(C2(C(=O)O)CCCC2)c2cc(C)oc12. The second-order valence-electron chi connectivity index (χ2n) is 5.51. The molecule has 4 nitrogen and oxygen atoms in total. The van der Waals surface area contributed by atoms with Crippen LogP contribution in [0.3, 0.4) is 0 Å².